The topological polar surface area (TPSA) is 42.4 Å². The van der Waals surface area contributed by atoms with Crippen LogP contribution < -0.4 is 4.74 Å². The molecule has 1 aliphatic heterocycles. The quantitative estimate of drug-likeness (QED) is 0.671. The van der Waals surface area contributed by atoms with E-state index in [0.717, 1.165) is 28.4 Å². The first-order chi connectivity index (χ1) is 13.0. The van der Waals surface area contributed by atoms with Crippen LogP contribution in [0.5, 0.6) is 5.75 Å². The highest BCUT2D eigenvalue weighted by molar-refractivity contribution is 7.15. The second-order valence-electron chi connectivity index (χ2n) is 6.98. The van der Waals surface area contributed by atoms with Crippen molar-refractivity contribution in [3.63, 3.8) is 0 Å². The van der Waals surface area contributed by atoms with Crippen LogP contribution in [0.15, 0.2) is 48.5 Å². The Kier molecular flexibility index (Phi) is 4.70. The molecular weight excluding hydrogens is 356 g/mol. The smallest absolute Gasteiger partial charge is 0.253 e. The van der Waals surface area contributed by atoms with Gasteiger partial charge < -0.3 is 9.64 Å². The van der Waals surface area contributed by atoms with Gasteiger partial charge in [-0.15, -0.1) is 11.3 Å². The Labute approximate surface area is 163 Å². The lowest BCUT2D eigenvalue weighted by Crippen LogP contribution is -2.36. The van der Waals surface area contributed by atoms with Crippen molar-refractivity contribution in [2.24, 2.45) is 0 Å². The molecule has 0 unspecified atom stereocenters. The van der Waals surface area contributed by atoms with Crippen molar-refractivity contribution < 1.29 is 9.53 Å². The minimum atomic E-state index is 0.00130. The number of thiazole rings is 1. The zero-order chi connectivity index (χ0) is 19.0. The third-order valence-electron chi connectivity index (χ3n) is 4.92. The summed E-state index contributed by atoms with van der Waals surface area (Å²) in [7, 11) is 1.83. The van der Waals surface area contributed by atoms with Crippen LogP contribution in [0.4, 0.5) is 0 Å². The van der Waals surface area contributed by atoms with Gasteiger partial charge in [0, 0.05) is 29.5 Å². The van der Waals surface area contributed by atoms with Gasteiger partial charge in [0.2, 0.25) is 0 Å². The van der Waals surface area contributed by atoms with Crippen molar-refractivity contribution in [3.05, 3.63) is 70.2 Å². The Morgan fingerprint density at radius 2 is 2.04 bits per heavy atom. The molecule has 0 spiro atoms. The summed E-state index contributed by atoms with van der Waals surface area (Å²) in [4.78, 5) is 20.5. The molecule has 2 aromatic carbocycles. The highest BCUT2D eigenvalue weighted by Crippen LogP contribution is 2.29. The fraction of sp³-hybridized carbons (Fsp3) is 0.273. The molecule has 0 N–H and O–H groups in total. The van der Waals surface area contributed by atoms with Gasteiger partial charge in [-0.25, -0.2) is 4.98 Å². The Hall–Kier alpha value is -2.66. The number of hydrogen-bond acceptors (Lipinski definition) is 4. The molecule has 27 heavy (non-hydrogen) atoms. The molecule has 1 aliphatic rings. The molecule has 0 saturated heterocycles. The third kappa shape index (κ3) is 3.60. The first kappa shape index (κ1) is 17.7. The Balaban J connectivity index is 1.47. The lowest BCUT2D eigenvalue weighted by Gasteiger charge is -2.21. The summed E-state index contributed by atoms with van der Waals surface area (Å²) < 4.78 is 5.97. The SMILES string of the molecule is Cc1nc(-c2cccc(C(=O)N(C)C[C@@H]3Cc4ccccc4O3)c2)sc1C. The first-order valence-electron chi connectivity index (χ1n) is 9.06. The number of nitrogens with zero attached hydrogens (tertiary/aromatic N) is 2. The molecule has 1 atom stereocenters. The van der Waals surface area contributed by atoms with Gasteiger partial charge >= 0.3 is 0 Å². The summed E-state index contributed by atoms with van der Waals surface area (Å²) >= 11 is 1.66. The zero-order valence-corrected chi connectivity index (χ0v) is 16.5. The van der Waals surface area contributed by atoms with Gasteiger partial charge in [0.15, 0.2) is 0 Å². The Bertz CT molecular complexity index is 951. The number of aryl methyl sites for hydroxylation is 2. The van der Waals surface area contributed by atoms with E-state index in [4.69, 9.17) is 4.74 Å². The van der Waals surface area contributed by atoms with Crippen LogP contribution in [-0.4, -0.2) is 35.5 Å². The van der Waals surface area contributed by atoms with Crippen molar-refractivity contribution in [2.45, 2.75) is 26.4 Å². The lowest BCUT2D eigenvalue weighted by atomic mass is 10.1. The molecule has 1 aromatic heterocycles. The van der Waals surface area contributed by atoms with E-state index in [1.165, 1.54) is 10.4 Å². The fourth-order valence-electron chi connectivity index (χ4n) is 3.35. The normalized spacial score (nSPS) is 15.3. The van der Waals surface area contributed by atoms with Crippen LogP contribution >= 0.6 is 11.3 Å². The standard InChI is InChI=1S/C22H22N2O2S/c1-14-15(2)27-21(23-14)17-8-6-9-18(11-17)22(25)24(3)13-19-12-16-7-4-5-10-20(16)26-19/h4-11,19H,12-13H2,1-3H3/t19-/m0/s1. The second kappa shape index (κ2) is 7.16. The zero-order valence-electron chi connectivity index (χ0n) is 15.7. The number of fused-ring (bicyclic) bond motifs is 1. The second-order valence-corrected chi connectivity index (χ2v) is 8.18. The molecule has 2 heterocycles. The van der Waals surface area contributed by atoms with Gasteiger partial charge in [-0.3, -0.25) is 4.79 Å². The number of ether oxygens (including phenoxy) is 1. The number of para-hydroxylation sites is 1. The average molecular weight is 378 g/mol. The Morgan fingerprint density at radius 1 is 1.22 bits per heavy atom. The van der Waals surface area contributed by atoms with Crippen LogP contribution in [0, 0.1) is 13.8 Å². The summed E-state index contributed by atoms with van der Waals surface area (Å²) in [5.41, 5.74) is 3.91. The molecule has 3 aromatic rings. The minimum absolute atomic E-state index is 0.00130. The molecule has 0 aliphatic carbocycles. The fourth-order valence-corrected chi connectivity index (χ4v) is 4.26. The van der Waals surface area contributed by atoms with E-state index in [2.05, 4.69) is 18.0 Å². The first-order valence-corrected chi connectivity index (χ1v) is 9.87. The van der Waals surface area contributed by atoms with Crippen LogP contribution in [0.2, 0.25) is 0 Å². The number of aromatic nitrogens is 1. The van der Waals surface area contributed by atoms with E-state index in [1.807, 2.05) is 56.4 Å². The van der Waals surface area contributed by atoms with E-state index in [-0.39, 0.29) is 12.0 Å². The van der Waals surface area contributed by atoms with Crippen molar-refractivity contribution in [2.75, 3.05) is 13.6 Å². The maximum atomic E-state index is 12.9. The molecule has 0 radical (unpaired) electrons. The largest absolute Gasteiger partial charge is 0.488 e. The Morgan fingerprint density at radius 3 is 2.78 bits per heavy atom. The van der Waals surface area contributed by atoms with Crippen molar-refractivity contribution in [1.29, 1.82) is 0 Å². The van der Waals surface area contributed by atoms with E-state index in [1.54, 1.807) is 16.2 Å². The number of amides is 1. The summed E-state index contributed by atoms with van der Waals surface area (Å²) in [6.45, 7) is 4.64. The van der Waals surface area contributed by atoms with E-state index in [9.17, 15) is 4.79 Å². The van der Waals surface area contributed by atoms with Crippen molar-refractivity contribution in [1.82, 2.24) is 9.88 Å². The lowest BCUT2D eigenvalue weighted by molar-refractivity contribution is 0.0730. The molecule has 5 heteroatoms. The predicted molar refractivity (Wildman–Crippen MR) is 109 cm³/mol. The highest BCUT2D eigenvalue weighted by atomic mass is 32.1. The molecule has 4 nitrogen and oxygen atoms in total. The van der Waals surface area contributed by atoms with Crippen molar-refractivity contribution >= 4 is 17.2 Å². The van der Waals surface area contributed by atoms with Gasteiger partial charge in [-0.2, -0.15) is 0 Å². The predicted octanol–water partition coefficient (Wildman–Crippen LogP) is 4.50. The molecule has 0 saturated carbocycles. The number of carbonyl (C=O) groups excluding carboxylic acids is 1. The maximum absolute atomic E-state index is 12.9. The summed E-state index contributed by atoms with van der Waals surface area (Å²) in [6.07, 6.45) is 0.842. The molecule has 138 valence electrons. The summed E-state index contributed by atoms with van der Waals surface area (Å²) in [5, 5.41) is 0.955. The third-order valence-corrected chi connectivity index (χ3v) is 6.04. The number of benzene rings is 2. The number of rotatable bonds is 4. The van der Waals surface area contributed by atoms with Crippen LogP contribution in [0.1, 0.15) is 26.5 Å². The number of hydrogen-bond donors (Lipinski definition) is 0. The van der Waals surface area contributed by atoms with E-state index < -0.39 is 0 Å². The van der Waals surface area contributed by atoms with Gasteiger partial charge in [0.25, 0.3) is 5.91 Å². The van der Waals surface area contributed by atoms with Gasteiger partial charge in [-0.1, -0.05) is 30.3 Å². The number of carbonyl (C=O) groups is 1. The summed E-state index contributed by atoms with van der Waals surface area (Å²) in [5.74, 6) is 0.932. The maximum Gasteiger partial charge on any atom is 0.253 e. The van der Waals surface area contributed by atoms with Crippen LogP contribution in [0.25, 0.3) is 10.6 Å². The van der Waals surface area contributed by atoms with E-state index >= 15 is 0 Å². The van der Waals surface area contributed by atoms with E-state index in [0.29, 0.717) is 12.1 Å². The van der Waals surface area contributed by atoms with Gasteiger partial charge in [0.1, 0.15) is 16.9 Å². The molecule has 0 fully saturated rings. The van der Waals surface area contributed by atoms with Crippen LogP contribution in [0.3, 0.4) is 0 Å². The molecule has 1 amide bonds. The van der Waals surface area contributed by atoms with Crippen molar-refractivity contribution in [3.8, 4) is 16.3 Å². The average Bonchev–Trinajstić information content (AvgIpc) is 3.23. The molecular formula is C22H22N2O2S. The van der Waals surface area contributed by atoms with Crippen LogP contribution in [-0.2, 0) is 6.42 Å². The minimum Gasteiger partial charge on any atom is -0.488 e. The highest BCUT2D eigenvalue weighted by Gasteiger charge is 2.25. The van der Waals surface area contributed by atoms with Gasteiger partial charge in [0.05, 0.1) is 12.2 Å². The molecule has 0 bridgehead atoms. The van der Waals surface area contributed by atoms with Gasteiger partial charge in [-0.05, 0) is 37.6 Å². The summed E-state index contributed by atoms with van der Waals surface area (Å²) in [6, 6.07) is 15.8. The number of likely N-dealkylation sites (N-methyl/N-ethyl adjacent to an activating group) is 1. The molecule has 4 rings (SSSR count). The monoisotopic (exact) mass is 378 g/mol.